The van der Waals surface area contributed by atoms with Crippen LogP contribution in [0.1, 0.15) is 11.1 Å². The molecular weight excluding hydrogens is 537 g/mol. The molecule has 1 heterocycles. The number of rotatable bonds is 9. The molecule has 8 nitrogen and oxygen atoms in total. The number of nitro benzene ring substituents is 1. The number of aromatic nitrogens is 1. The molecule has 1 aromatic heterocycles. The molecule has 1 N–H and O–H groups in total. The minimum atomic E-state index is -0.463. The summed E-state index contributed by atoms with van der Waals surface area (Å²) in [6.07, 6.45) is 3.02. The highest BCUT2D eigenvalue weighted by molar-refractivity contribution is 7.14. The number of nitro groups is 1. The molecule has 0 saturated heterocycles. The van der Waals surface area contributed by atoms with Gasteiger partial charge in [-0.05, 0) is 48.0 Å². The standard InChI is InChI=1S/C26H19Cl2N3O5S/c1-35-24-13-16(5-11-23(24)36-14-19-20(27)3-2-4-21(19)28)6-12-25(32)30-26-29-22(15-37-26)17-7-9-18(10-8-17)31(33)34/h2-13,15H,14H2,1H3,(H,29,30,32). The first-order valence-electron chi connectivity index (χ1n) is 10.8. The lowest BCUT2D eigenvalue weighted by atomic mass is 10.1. The molecule has 4 aromatic rings. The van der Waals surface area contributed by atoms with Crippen molar-refractivity contribution in [3.05, 3.63) is 103 Å². The molecular formula is C26H19Cl2N3O5S. The molecule has 0 unspecified atom stereocenters. The molecule has 0 saturated carbocycles. The first-order valence-corrected chi connectivity index (χ1v) is 12.4. The van der Waals surface area contributed by atoms with Crippen LogP contribution in [0.4, 0.5) is 10.8 Å². The van der Waals surface area contributed by atoms with Crippen molar-refractivity contribution < 1.29 is 19.2 Å². The number of carbonyl (C=O) groups is 1. The molecule has 0 bridgehead atoms. The van der Waals surface area contributed by atoms with E-state index in [-0.39, 0.29) is 18.2 Å². The van der Waals surface area contributed by atoms with Crippen molar-refractivity contribution in [1.82, 2.24) is 4.98 Å². The zero-order valence-electron chi connectivity index (χ0n) is 19.3. The first kappa shape index (κ1) is 26.2. The second kappa shape index (κ2) is 11.9. The van der Waals surface area contributed by atoms with Crippen molar-refractivity contribution in [2.75, 3.05) is 12.4 Å². The maximum Gasteiger partial charge on any atom is 0.269 e. The predicted octanol–water partition coefficient (Wildman–Crippen LogP) is 7.26. The van der Waals surface area contributed by atoms with Gasteiger partial charge in [0.15, 0.2) is 16.6 Å². The lowest BCUT2D eigenvalue weighted by Crippen LogP contribution is -2.07. The molecule has 0 aliphatic heterocycles. The zero-order chi connectivity index (χ0) is 26.4. The summed E-state index contributed by atoms with van der Waals surface area (Å²) in [7, 11) is 1.52. The van der Waals surface area contributed by atoms with E-state index in [1.807, 2.05) is 0 Å². The number of methoxy groups -OCH3 is 1. The van der Waals surface area contributed by atoms with Crippen LogP contribution in [0.3, 0.4) is 0 Å². The number of thiazole rings is 1. The normalized spacial score (nSPS) is 10.9. The summed E-state index contributed by atoms with van der Waals surface area (Å²) in [6, 6.07) is 16.5. The third-order valence-corrected chi connectivity index (χ3v) is 6.62. The topological polar surface area (TPSA) is 104 Å². The van der Waals surface area contributed by atoms with E-state index in [1.54, 1.807) is 60.0 Å². The molecule has 0 radical (unpaired) electrons. The van der Waals surface area contributed by atoms with E-state index < -0.39 is 4.92 Å². The van der Waals surface area contributed by atoms with Gasteiger partial charge in [-0.3, -0.25) is 20.2 Å². The first-order chi connectivity index (χ1) is 17.8. The number of anilines is 1. The minimum absolute atomic E-state index is 0.00106. The molecule has 0 aliphatic rings. The molecule has 1 amide bonds. The Balaban J connectivity index is 1.38. The van der Waals surface area contributed by atoms with Crippen molar-refractivity contribution in [3.8, 4) is 22.8 Å². The maximum absolute atomic E-state index is 12.4. The average molecular weight is 556 g/mol. The second-order valence-electron chi connectivity index (χ2n) is 7.56. The Morgan fingerprint density at radius 2 is 1.84 bits per heavy atom. The molecule has 0 atom stereocenters. The van der Waals surface area contributed by atoms with Crippen molar-refractivity contribution in [2.45, 2.75) is 6.61 Å². The molecule has 37 heavy (non-hydrogen) atoms. The fourth-order valence-corrected chi connectivity index (χ4v) is 4.49. The Bertz CT molecular complexity index is 1450. The quantitative estimate of drug-likeness (QED) is 0.132. The summed E-state index contributed by atoms with van der Waals surface area (Å²) in [4.78, 5) is 27.1. The Hall–Kier alpha value is -3.92. The SMILES string of the molecule is COc1cc(C=CC(=O)Nc2nc(-c3ccc([N+](=O)[O-])cc3)cs2)ccc1OCc1c(Cl)cccc1Cl. The number of benzene rings is 3. The third-order valence-electron chi connectivity index (χ3n) is 5.16. The van der Waals surface area contributed by atoms with E-state index in [4.69, 9.17) is 32.7 Å². The highest BCUT2D eigenvalue weighted by Gasteiger charge is 2.11. The third kappa shape index (κ3) is 6.65. The summed E-state index contributed by atoms with van der Waals surface area (Å²) in [5.41, 5.74) is 2.72. The van der Waals surface area contributed by atoms with Crippen molar-refractivity contribution in [3.63, 3.8) is 0 Å². The molecule has 0 aliphatic carbocycles. The number of halogens is 2. The molecule has 3 aromatic carbocycles. The smallest absolute Gasteiger partial charge is 0.269 e. The summed E-state index contributed by atoms with van der Waals surface area (Å²) >= 11 is 13.7. The van der Waals surface area contributed by atoms with E-state index in [1.165, 1.54) is 36.7 Å². The molecule has 4 rings (SSSR count). The maximum atomic E-state index is 12.4. The van der Waals surface area contributed by atoms with Crippen LogP contribution < -0.4 is 14.8 Å². The van der Waals surface area contributed by atoms with Gasteiger partial charge in [0, 0.05) is 44.8 Å². The molecule has 0 spiro atoms. The largest absolute Gasteiger partial charge is 0.493 e. The van der Waals surface area contributed by atoms with Gasteiger partial charge in [0.05, 0.1) is 17.7 Å². The van der Waals surface area contributed by atoms with Crippen LogP contribution in [0.2, 0.25) is 10.0 Å². The van der Waals surface area contributed by atoms with Crippen LogP contribution >= 0.6 is 34.5 Å². The summed E-state index contributed by atoms with van der Waals surface area (Å²) in [5.74, 6) is 0.622. The lowest BCUT2D eigenvalue weighted by molar-refractivity contribution is -0.384. The fourth-order valence-electron chi connectivity index (χ4n) is 3.26. The number of non-ortho nitro benzene ring substituents is 1. The number of amides is 1. The molecule has 188 valence electrons. The van der Waals surface area contributed by atoms with E-state index in [2.05, 4.69) is 10.3 Å². The second-order valence-corrected chi connectivity index (χ2v) is 9.24. The monoisotopic (exact) mass is 555 g/mol. The number of hydrogen-bond donors (Lipinski definition) is 1. The van der Waals surface area contributed by atoms with Gasteiger partial charge in [-0.1, -0.05) is 35.3 Å². The van der Waals surface area contributed by atoms with Gasteiger partial charge >= 0.3 is 0 Å². The van der Waals surface area contributed by atoms with Crippen LogP contribution in [0.25, 0.3) is 17.3 Å². The van der Waals surface area contributed by atoms with Gasteiger partial charge in [0.2, 0.25) is 5.91 Å². The number of ether oxygens (including phenoxy) is 2. The summed E-state index contributed by atoms with van der Waals surface area (Å²) < 4.78 is 11.3. The van der Waals surface area contributed by atoms with E-state index in [0.717, 1.165) is 5.56 Å². The number of hydrogen-bond acceptors (Lipinski definition) is 7. The van der Waals surface area contributed by atoms with Gasteiger partial charge in [0.1, 0.15) is 6.61 Å². The Kier molecular flexibility index (Phi) is 8.39. The van der Waals surface area contributed by atoms with E-state index in [9.17, 15) is 14.9 Å². The highest BCUT2D eigenvalue weighted by atomic mass is 35.5. The van der Waals surface area contributed by atoms with Crippen molar-refractivity contribution in [2.24, 2.45) is 0 Å². The van der Waals surface area contributed by atoms with Gasteiger partial charge in [0.25, 0.3) is 5.69 Å². The zero-order valence-corrected chi connectivity index (χ0v) is 21.6. The predicted molar refractivity (Wildman–Crippen MR) is 146 cm³/mol. The van der Waals surface area contributed by atoms with Gasteiger partial charge in [-0.2, -0.15) is 0 Å². The van der Waals surface area contributed by atoms with E-state index in [0.29, 0.717) is 43.5 Å². The van der Waals surface area contributed by atoms with Crippen LogP contribution in [0.15, 0.2) is 72.1 Å². The van der Waals surface area contributed by atoms with Gasteiger partial charge in [-0.15, -0.1) is 11.3 Å². The average Bonchev–Trinajstić information content (AvgIpc) is 3.36. The molecule has 0 fully saturated rings. The summed E-state index contributed by atoms with van der Waals surface area (Å²) in [6.45, 7) is 0.169. The van der Waals surface area contributed by atoms with Gasteiger partial charge in [-0.25, -0.2) is 4.98 Å². The Morgan fingerprint density at radius 3 is 2.51 bits per heavy atom. The Morgan fingerprint density at radius 1 is 1.11 bits per heavy atom. The number of nitrogens with zero attached hydrogens (tertiary/aromatic N) is 2. The van der Waals surface area contributed by atoms with Crippen LogP contribution in [0.5, 0.6) is 11.5 Å². The lowest BCUT2D eigenvalue weighted by Gasteiger charge is -2.13. The van der Waals surface area contributed by atoms with Gasteiger partial charge < -0.3 is 9.47 Å². The minimum Gasteiger partial charge on any atom is -0.493 e. The van der Waals surface area contributed by atoms with Crippen LogP contribution in [-0.2, 0) is 11.4 Å². The fraction of sp³-hybridized carbons (Fsp3) is 0.0769. The van der Waals surface area contributed by atoms with E-state index >= 15 is 0 Å². The van der Waals surface area contributed by atoms with Crippen LogP contribution in [0, 0.1) is 10.1 Å². The van der Waals surface area contributed by atoms with Crippen molar-refractivity contribution in [1.29, 1.82) is 0 Å². The molecule has 11 heteroatoms. The Labute approximate surface area is 226 Å². The summed E-state index contributed by atoms with van der Waals surface area (Å²) in [5, 5.41) is 16.7. The van der Waals surface area contributed by atoms with Crippen molar-refractivity contribution >= 4 is 57.3 Å². The number of carbonyl (C=O) groups excluding carboxylic acids is 1. The number of nitrogens with one attached hydrogen (secondary N) is 1. The van der Waals surface area contributed by atoms with Crippen LogP contribution in [-0.4, -0.2) is 22.9 Å². The highest BCUT2D eigenvalue weighted by Crippen LogP contribution is 2.32.